The van der Waals surface area contributed by atoms with E-state index < -0.39 is 0 Å². The van der Waals surface area contributed by atoms with Crippen molar-refractivity contribution in [2.75, 3.05) is 6.61 Å². The van der Waals surface area contributed by atoms with Gasteiger partial charge in [-0.1, -0.05) is 44.4 Å². The zero-order valence-electron chi connectivity index (χ0n) is 12.5. The van der Waals surface area contributed by atoms with E-state index in [1.54, 1.807) is 0 Å². The predicted octanol–water partition coefficient (Wildman–Crippen LogP) is 3.32. The van der Waals surface area contributed by atoms with Crippen molar-refractivity contribution in [1.29, 1.82) is 0 Å². The van der Waals surface area contributed by atoms with Crippen LogP contribution in [0.2, 0.25) is 0 Å². The average Bonchev–Trinajstić information content (AvgIpc) is 2.47. The lowest BCUT2D eigenvalue weighted by molar-refractivity contribution is -0.126. The van der Waals surface area contributed by atoms with Crippen molar-refractivity contribution in [1.82, 2.24) is 5.32 Å². The van der Waals surface area contributed by atoms with Crippen LogP contribution in [0.25, 0.3) is 0 Å². The van der Waals surface area contributed by atoms with E-state index in [1.165, 1.54) is 19.3 Å². The number of rotatable bonds is 6. The van der Waals surface area contributed by atoms with Crippen molar-refractivity contribution < 1.29 is 9.53 Å². The summed E-state index contributed by atoms with van der Waals surface area (Å²) in [6.07, 6.45) is 5.48. The Morgan fingerprint density at radius 3 is 3.00 bits per heavy atom. The Morgan fingerprint density at radius 1 is 1.40 bits per heavy atom. The molecule has 1 N–H and O–H groups in total. The molecule has 2 rings (SSSR count). The van der Waals surface area contributed by atoms with Gasteiger partial charge < -0.3 is 10.1 Å². The molecule has 20 heavy (non-hydrogen) atoms. The second-order valence-corrected chi connectivity index (χ2v) is 5.73. The van der Waals surface area contributed by atoms with Crippen molar-refractivity contribution in [3.63, 3.8) is 0 Å². The van der Waals surface area contributed by atoms with E-state index in [4.69, 9.17) is 4.74 Å². The van der Waals surface area contributed by atoms with Gasteiger partial charge in [-0.15, -0.1) is 0 Å². The van der Waals surface area contributed by atoms with Crippen LogP contribution < -0.4 is 10.1 Å². The molecule has 3 heteroatoms. The van der Waals surface area contributed by atoms with E-state index in [0.717, 1.165) is 24.2 Å². The maximum atomic E-state index is 12.3. The number of para-hydroxylation sites is 1. The summed E-state index contributed by atoms with van der Waals surface area (Å²) in [5, 5.41) is 3.12. The summed E-state index contributed by atoms with van der Waals surface area (Å²) in [5.41, 5.74) is 1.14. The Kier molecular flexibility index (Phi) is 5.45. The second-order valence-electron chi connectivity index (χ2n) is 5.73. The van der Waals surface area contributed by atoms with Crippen molar-refractivity contribution in [2.45, 2.75) is 52.0 Å². The minimum Gasteiger partial charge on any atom is -0.492 e. The average molecular weight is 275 g/mol. The normalized spacial score (nSPS) is 18.8. The number of benzene rings is 1. The molecule has 1 heterocycles. The highest BCUT2D eigenvalue weighted by molar-refractivity contribution is 5.79. The molecule has 1 aromatic rings. The molecule has 0 radical (unpaired) electrons. The molecule has 110 valence electrons. The number of amides is 1. The fourth-order valence-electron chi connectivity index (χ4n) is 2.63. The monoisotopic (exact) mass is 275 g/mol. The lowest BCUT2D eigenvalue weighted by Crippen LogP contribution is -2.41. The van der Waals surface area contributed by atoms with Crippen LogP contribution in [0.3, 0.4) is 0 Å². The molecule has 0 fully saturated rings. The lowest BCUT2D eigenvalue weighted by Gasteiger charge is -2.26. The Balaban J connectivity index is 1.82. The summed E-state index contributed by atoms with van der Waals surface area (Å²) in [5.74, 6) is 0.995. The van der Waals surface area contributed by atoms with Gasteiger partial charge >= 0.3 is 0 Å². The van der Waals surface area contributed by atoms with Crippen LogP contribution in [-0.4, -0.2) is 18.6 Å². The first kappa shape index (κ1) is 14.9. The maximum absolute atomic E-state index is 12.3. The van der Waals surface area contributed by atoms with E-state index in [0.29, 0.717) is 6.61 Å². The fraction of sp³-hybridized carbons (Fsp3) is 0.588. The summed E-state index contributed by atoms with van der Waals surface area (Å²) in [6, 6.07) is 8.23. The fourth-order valence-corrected chi connectivity index (χ4v) is 2.63. The van der Waals surface area contributed by atoms with E-state index >= 15 is 0 Å². The topological polar surface area (TPSA) is 38.3 Å². The summed E-state index contributed by atoms with van der Waals surface area (Å²) in [7, 11) is 0. The molecule has 0 saturated carbocycles. The summed E-state index contributed by atoms with van der Waals surface area (Å²) >= 11 is 0. The van der Waals surface area contributed by atoms with E-state index in [2.05, 4.69) is 19.2 Å². The van der Waals surface area contributed by atoms with Crippen molar-refractivity contribution in [2.24, 2.45) is 5.92 Å². The van der Waals surface area contributed by atoms with E-state index in [-0.39, 0.29) is 17.9 Å². The predicted molar refractivity (Wildman–Crippen MR) is 80.9 cm³/mol. The second kappa shape index (κ2) is 7.32. The molecule has 2 unspecified atom stereocenters. The standard InChI is InChI=1S/C17H25NO2/c1-3-4-5-8-13(2)18-17(19)15-11-14-9-6-7-10-16(14)20-12-15/h6-7,9-10,13,15H,3-5,8,11-12H2,1-2H3,(H,18,19). The number of nitrogens with one attached hydrogen (secondary N) is 1. The van der Waals surface area contributed by atoms with Crippen LogP contribution >= 0.6 is 0 Å². The van der Waals surface area contributed by atoms with E-state index in [1.807, 2.05) is 24.3 Å². The number of unbranched alkanes of at least 4 members (excludes halogenated alkanes) is 2. The van der Waals surface area contributed by atoms with Crippen LogP contribution in [0, 0.1) is 5.92 Å². The molecule has 1 aliphatic rings. The molecule has 1 amide bonds. The summed E-state index contributed by atoms with van der Waals surface area (Å²) in [6.45, 7) is 4.77. The van der Waals surface area contributed by atoms with Crippen molar-refractivity contribution in [3.8, 4) is 5.75 Å². The van der Waals surface area contributed by atoms with Gasteiger partial charge in [0.25, 0.3) is 0 Å². The van der Waals surface area contributed by atoms with Gasteiger partial charge in [0.15, 0.2) is 0 Å². The van der Waals surface area contributed by atoms with Crippen LogP contribution in [-0.2, 0) is 11.2 Å². The molecular formula is C17H25NO2. The molecule has 1 aromatic carbocycles. The molecule has 0 bridgehead atoms. The van der Waals surface area contributed by atoms with Crippen LogP contribution in [0.4, 0.5) is 0 Å². The zero-order valence-corrected chi connectivity index (χ0v) is 12.5. The Labute approximate surface area is 121 Å². The first-order valence-corrected chi connectivity index (χ1v) is 7.71. The van der Waals surface area contributed by atoms with Crippen LogP contribution in [0.1, 0.15) is 45.1 Å². The van der Waals surface area contributed by atoms with Gasteiger partial charge in [0.1, 0.15) is 12.4 Å². The number of hydrogen-bond acceptors (Lipinski definition) is 2. The Morgan fingerprint density at radius 2 is 2.20 bits per heavy atom. The highest BCUT2D eigenvalue weighted by Gasteiger charge is 2.26. The van der Waals surface area contributed by atoms with Gasteiger partial charge in [-0.05, 0) is 31.4 Å². The first-order valence-electron chi connectivity index (χ1n) is 7.71. The lowest BCUT2D eigenvalue weighted by atomic mass is 9.95. The number of ether oxygens (including phenoxy) is 1. The molecule has 0 spiro atoms. The van der Waals surface area contributed by atoms with Gasteiger partial charge in [-0.25, -0.2) is 0 Å². The largest absolute Gasteiger partial charge is 0.492 e. The zero-order chi connectivity index (χ0) is 14.4. The minimum absolute atomic E-state index is 0.0569. The number of fused-ring (bicyclic) bond motifs is 1. The number of carbonyl (C=O) groups excluding carboxylic acids is 1. The quantitative estimate of drug-likeness (QED) is 0.809. The van der Waals surface area contributed by atoms with Crippen LogP contribution in [0.15, 0.2) is 24.3 Å². The minimum atomic E-state index is -0.0569. The maximum Gasteiger partial charge on any atom is 0.227 e. The van der Waals surface area contributed by atoms with Gasteiger partial charge in [0, 0.05) is 6.04 Å². The molecular weight excluding hydrogens is 250 g/mol. The third kappa shape index (κ3) is 3.99. The Bertz CT molecular complexity index is 444. The molecule has 2 atom stereocenters. The summed E-state index contributed by atoms with van der Waals surface area (Å²) < 4.78 is 5.68. The Hall–Kier alpha value is -1.51. The highest BCUT2D eigenvalue weighted by atomic mass is 16.5. The van der Waals surface area contributed by atoms with Gasteiger partial charge in [0.2, 0.25) is 5.91 Å². The molecule has 3 nitrogen and oxygen atoms in total. The molecule has 1 aliphatic heterocycles. The summed E-state index contributed by atoms with van der Waals surface area (Å²) in [4.78, 5) is 12.3. The third-order valence-electron chi connectivity index (χ3n) is 3.88. The third-order valence-corrected chi connectivity index (χ3v) is 3.88. The van der Waals surface area contributed by atoms with Gasteiger partial charge in [-0.3, -0.25) is 4.79 Å². The van der Waals surface area contributed by atoms with Crippen molar-refractivity contribution >= 4 is 5.91 Å². The van der Waals surface area contributed by atoms with Crippen molar-refractivity contribution in [3.05, 3.63) is 29.8 Å². The first-order chi connectivity index (χ1) is 9.70. The van der Waals surface area contributed by atoms with Crippen LogP contribution in [0.5, 0.6) is 5.75 Å². The smallest absolute Gasteiger partial charge is 0.227 e. The molecule has 0 saturated heterocycles. The van der Waals surface area contributed by atoms with Gasteiger partial charge in [-0.2, -0.15) is 0 Å². The molecule has 0 aliphatic carbocycles. The van der Waals surface area contributed by atoms with Gasteiger partial charge in [0.05, 0.1) is 5.92 Å². The number of hydrogen-bond donors (Lipinski definition) is 1. The number of carbonyl (C=O) groups is 1. The van der Waals surface area contributed by atoms with E-state index in [9.17, 15) is 4.79 Å². The SMILES string of the molecule is CCCCCC(C)NC(=O)C1COc2ccccc2C1. The highest BCUT2D eigenvalue weighted by Crippen LogP contribution is 2.26. The molecule has 0 aromatic heterocycles.